The first-order valence-corrected chi connectivity index (χ1v) is 6.74. The highest BCUT2D eigenvalue weighted by atomic mass is 35.5. The summed E-state index contributed by atoms with van der Waals surface area (Å²) in [7, 11) is 1.67. The number of ether oxygens (including phenoxy) is 1. The van der Waals surface area contributed by atoms with Crippen LogP contribution in [0.2, 0.25) is 0 Å². The standard InChI is InChI=1S/C16H18ClNO/c1-11-5-7-16(19-3)14(8-11)15(17)9-13-6-4-12(2)10-18-13/h4-8,10,15H,9H2,1-3H3. The van der Waals surface area contributed by atoms with Crippen molar-refractivity contribution in [1.29, 1.82) is 0 Å². The molecule has 19 heavy (non-hydrogen) atoms. The zero-order chi connectivity index (χ0) is 13.8. The van der Waals surface area contributed by atoms with Gasteiger partial charge >= 0.3 is 0 Å². The molecule has 3 heteroatoms. The summed E-state index contributed by atoms with van der Waals surface area (Å²) in [6.07, 6.45) is 2.56. The topological polar surface area (TPSA) is 22.1 Å². The lowest BCUT2D eigenvalue weighted by atomic mass is 10.0. The number of pyridine rings is 1. The van der Waals surface area contributed by atoms with Gasteiger partial charge in [0.25, 0.3) is 0 Å². The van der Waals surface area contributed by atoms with Crippen LogP contribution in [-0.2, 0) is 6.42 Å². The fourth-order valence-electron chi connectivity index (χ4n) is 2.01. The van der Waals surface area contributed by atoms with Crippen molar-refractivity contribution < 1.29 is 4.74 Å². The zero-order valence-electron chi connectivity index (χ0n) is 11.5. The van der Waals surface area contributed by atoms with E-state index >= 15 is 0 Å². The van der Waals surface area contributed by atoms with Gasteiger partial charge < -0.3 is 4.74 Å². The first-order chi connectivity index (χ1) is 9.10. The minimum atomic E-state index is -0.134. The molecule has 1 unspecified atom stereocenters. The van der Waals surface area contributed by atoms with Gasteiger partial charge in [-0.05, 0) is 31.5 Å². The molecule has 2 nitrogen and oxygen atoms in total. The summed E-state index contributed by atoms with van der Waals surface area (Å²) in [5.41, 5.74) is 4.35. The van der Waals surface area contributed by atoms with Gasteiger partial charge in [-0.1, -0.05) is 23.8 Å². The molecule has 0 aliphatic heterocycles. The van der Waals surface area contributed by atoms with Crippen molar-refractivity contribution in [3.8, 4) is 5.75 Å². The maximum Gasteiger partial charge on any atom is 0.123 e. The van der Waals surface area contributed by atoms with Crippen molar-refractivity contribution in [2.45, 2.75) is 25.6 Å². The fourth-order valence-corrected chi connectivity index (χ4v) is 2.34. The summed E-state index contributed by atoms with van der Waals surface area (Å²) in [5.74, 6) is 0.831. The Bertz CT molecular complexity index is 551. The molecule has 0 aliphatic carbocycles. The molecule has 1 heterocycles. The average Bonchev–Trinajstić information content (AvgIpc) is 2.41. The molecule has 2 aromatic rings. The van der Waals surface area contributed by atoms with Gasteiger partial charge in [-0.2, -0.15) is 0 Å². The predicted molar refractivity (Wildman–Crippen MR) is 79.0 cm³/mol. The number of nitrogens with zero attached hydrogens (tertiary/aromatic N) is 1. The Labute approximate surface area is 119 Å². The van der Waals surface area contributed by atoms with E-state index in [9.17, 15) is 0 Å². The second-order valence-electron chi connectivity index (χ2n) is 4.74. The Morgan fingerprint density at radius 1 is 1.16 bits per heavy atom. The fraction of sp³-hybridized carbons (Fsp3) is 0.312. The minimum Gasteiger partial charge on any atom is -0.496 e. The molecule has 1 aromatic carbocycles. The van der Waals surface area contributed by atoms with Gasteiger partial charge in [0.2, 0.25) is 0 Å². The summed E-state index contributed by atoms with van der Waals surface area (Å²) in [4.78, 5) is 4.40. The molecule has 0 saturated carbocycles. The van der Waals surface area contributed by atoms with Crippen LogP contribution in [0.3, 0.4) is 0 Å². The predicted octanol–water partition coefficient (Wildman–Crippen LogP) is 4.23. The highest BCUT2D eigenvalue weighted by Gasteiger charge is 2.15. The average molecular weight is 276 g/mol. The van der Waals surface area contributed by atoms with Crippen molar-refractivity contribution in [2.24, 2.45) is 0 Å². The van der Waals surface area contributed by atoms with Gasteiger partial charge in [-0.3, -0.25) is 4.98 Å². The quantitative estimate of drug-likeness (QED) is 0.779. The highest BCUT2D eigenvalue weighted by molar-refractivity contribution is 6.21. The maximum absolute atomic E-state index is 6.52. The summed E-state index contributed by atoms with van der Waals surface area (Å²) in [6, 6.07) is 10.1. The Hall–Kier alpha value is -1.54. The molecule has 0 fully saturated rings. The number of aryl methyl sites for hydroxylation is 2. The summed E-state index contributed by atoms with van der Waals surface area (Å²) in [6.45, 7) is 4.08. The molecule has 0 bridgehead atoms. The molecule has 0 saturated heterocycles. The van der Waals surface area contributed by atoms with Crippen molar-refractivity contribution in [3.05, 3.63) is 58.9 Å². The molecule has 0 radical (unpaired) electrons. The Morgan fingerprint density at radius 3 is 2.53 bits per heavy atom. The smallest absolute Gasteiger partial charge is 0.123 e. The van der Waals surface area contributed by atoms with Crippen LogP contribution in [-0.4, -0.2) is 12.1 Å². The molecule has 1 atom stereocenters. The van der Waals surface area contributed by atoms with Crippen LogP contribution in [0.1, 0.15) is 27.8 Å². The molecule has 1 aromatic heterocycles. The van der Waals surface area contributed by atoms with Crippen LogP contribution < -0.4 is 4.74 Å². The lowest BCUT2D eigenvalue weighted by molar-refractivity contribution is 0.409. The number of hydrogen-bond donors (Lipinski definition) is 0. The van der Waals surface area contributed by atoms with E-state index in [-0.39, 0.29) is 5.38 Å². The van der Waals surface area contributed by atoms with Crippen LogP contribution in [0.25, 0.3) is 0 Å². The van der Waals surface area contributed by atoms with Gasteiger partial charge in [0.05, 0.1) is 12.5 Å². The van der Waals surface area contributed by atoms with E-state index in [1.165, 1.54) is 5.56 Å². The number of alkyl halides is 1. The first kappa shape index (κ1) is 13.9. The summed E-state index contributed by atoms with van der Waals surface area (Å²) in [5, 5.41) is -0.134. The summed E-state index contributed by atoms with van der Waals surface area (Å²) >= 11 is 6.52. The van der Waals surface area contributed by atoms with E-state index in [1.807, 2.05) is 31.3 Å². The Kier molecular flexibility index (Phi) is 4.43. The first-order valence-electron chi connectivity index (χ1n) is 6.30. The monoisotopic (exact) mass is 275 g/mol. The normalized spacial score (nSPS) is 12.2. The van der Waals surface area contributed by atoms with Gasteiger partial charge in [0.15, 0.2) is 0 Å². The van der Waals surface area contributed by atoms with Crippen molar-refractivity contribution in [1.82, 2.24) is 4.98 Å². The van der Waals surface area contributed by atoms with E-state index in [0.29, 0.717) is 6.42 Å². The molecular formula is C16H18ClNO. The van der Waals surface area contributed by atoms with E-state index < -0.39 is 0 Å². The maximum atomic E-state index is 6.52. The largest absolute Gasteiger partial charge is 0.496 e. The van der Waals surface area contributed by atoms with Crippen LogP contribution in [0.4, 0.5) is 0 Å². The second kappa shape index (κ2) is 6.07. The molecule has 100 valence electrons. The SMILES string of the molecule is COc1ccc(C)cc1C(Cl)Cc1ccc(C)cn1. The Morgan fingerprint density at radius 2 is 1.89 bits per heavy atom. The highest BCUT2D eigenvalue weighted by Crippen LogP contribution is 2.32. The second-order valence-corrected chi connectivity index (χ2v) is 5.27. The van der Waals surface area contributed by atoms with Gasteiger partial charge in [-0.15, -0.1) is 11.6 Å². The number of halogens is 1. The van der Waals surface area contributed by atoms with E-state index in [1.54, 1.807) is 7.11 Å². The number of hydrogen-bond acceptors (Lipinski definition) is 2. The van der Waals surface area contributed by atoms with Crippen LogP contribution >= 0.6 is 11.6 Å². The number of aromatic nitrogens is 1. The third-order valence-electron chi connectivity index (χ3n) is 3.08. The van der Waals surface area contributed by atoms with Crippen LogP contribution in [0.15, 0.2) is 36.5 Å². The molecule has 0 N–H and O–H groups in total. The number of methoxy groups -OCH3 is 1. The molecule has 0 spiro atoms. The van der Waals surface area contributed by atoms with Crippen LogP contribution in [0, 0.1) is 13.8 Å². The van der Waals surface area contributed by atoms with E-state index in [0.717, 1.165) is 22.6 Å². The lowest BCUT2D eigenvalue weighted by Crippen LogP contribution is -2.01. The molecular weight excluding hydrogens is 258 g/mol. The number of rotatable bonds is 4. The molecule has 0 amide bonds. The zero-order valence-corrected chi connectivity index (χ0v) is 12.2. The summed E-state index contributed by atoms with van der Waals surface area (Å²) < 4.78 is 5.37. The number of benzene rings is 1. The Balaban J connectivity index is 2.21. The third kappa shape index (κ3) is 3.48. The van der Waals surface area contributed by atoms with Gasteiger partial charge in [0.1, 0.15) is 5.75 Å². The van der Waals surface area contributed by atoms with Gasteiger partial charge in [0, 0.05) is 23.9 Å². The lowest BCUT2D eigenvalue weighted by Gasteiger charge is -2.14. The van der Waals surface area contributed by atoms with E-state index in [4.69, 9.17) is 16.3 Å². The van der Waals surface area contributed by atoms with Crippen LogP contribution in [0.5, 0.6) is 5.75 Å². The van der Waals surface area contributed by atoms with E-state index in [2.05, 4.69) is 24.0 Å². The van der Waals surface area contributed by atoms with Crippen molar-refractivity contribution in [3.63, 3.8) is 0 Å². The molecule has 0 aliphatic rings. The minimum absolute atomic E-state index is 0.134. The molecule has 2 rings (SSSR count). The third-order valence-corrected chi connectivity index (χ3v) is 3.47. The van der Waals surface area contributed by atoms with Crippen molar-refractivity contribution in [2.75, 3.05) is 7.11 Å². The van der Waals surface area contributed by atoms with Crippen molar-refractivity contribution >= 4 is 11.6 Å². The van der Waals surface area contributed by atoms with Gasteiger partial charge in [-0.25, -0.2) is 0 Å².